The minimum absolute atomic E-state index is 0.286. The van der Waals surface area contributed by atoms with Crippen LogP contribution in [0.5, 0.6) is 0 Å². The first kappa shape index (κ1) is 14.3. The van der Waals surface area contributed by atoms with E-state index in [-0.39, 0.29) is 5.41 Å². The van der Waals surface area contributed by atoms with Crippen LogP contribution in [0.2, 0.25) is 0 Å². The highest BCUT2D eigenvalue weighted by atomic mass is 35.5. The van der Waals surface area contributed by atoms with Gasteiger partial charge < -0.3 is 4.74 Å². The largest absolute Gasteiger partial charge is 0.381 e. The van der Waals surface area contributed by atoms with Crippen molar-refractivity contribution in [2.24, 2.45) is 11.3 Å². The number of unbranched alkanes of at least 4 members (excludes halogenated alkanes) is 1. The molecule has 2 heteroatoms. The minimum atomic E-state index is 0.286. The normalized spacial score (nSPS) is 27.9. The lowest BCUT2D eigenvalue weighted by Crippen LogP contribution is -2.35. The SMILES string of the molecule is CCCCC(CC)CC1(CCl)CCCOC1. The zero-order valence-electron chi connectivity index (χ0n) is 10.9. The van der Waals surface area contributed by atoms with Crippen molar-refractivity contribution in [3.63, 3.8) is 0 Å². The Balaban J connectivity index is 2.45. The third kappa shape index (κ3) is 4.25. The molecule has 0 aromatic heterocycles. The van der Waals surface area contributed by atoms with Crippen molar-refractivity contribution in [2.75, 3.05) is 19.1 Å². The average molecular weight is 247 g/mol. The lowest BCUT2D eigenvalue weighted by atomic mass is 9.75. The Labute approximate surface area is 106 Å². The molecule has 0 spiro atoms. The highest BCUT2D eigenvalue weighted by molar-refractivity contribution is 6.18. The van der Waals surface area contributed by atoms with Gasteiger partial charge in [0.05, 0.1) is 6.61 Å². The molecule has 0 aromatic carbocycles. The number of rotatable bonds is 7. The Morgan fingerprint density at radius 1 is 1.38 bits per heavy atom. The molecule has 0 N–H and O–H groups in total. The molecule has 2 atom stereocenters. The Morgan fingerprint density at radius 3 is 2.69 bits per heavy atom. The van der Waals surface area contributed by atoms with Crippen LogP contribution in [-0.2, 0) is 4.74 Å². The lowest BCUT2D eigenvalue weighted by molar-refractivity contribution is -0.00948. The summed E-state index contributed by atoms with van der Waals surface area (Å²) in [6.45, 7) is 6.41. The van der Waals surface area contributed by atoms with Crippen molar-refractivity contribution in [3.8, 4) is 0 Å². The Hall–Kier alpha value is 0.250. The van der Waals surface area contributed by atoms with Gasteiger partial charge in [-0.1, -0.05) is 39.5 Å². The first-order valence-electron chi connectivity index (χ1n) is 6.90. The van der Waals surface area contributed by atoms with Gasteiger partial charge in [0, 0.05) is 17.9 Å². The first-order valence-corrected chi connectivity index (χ1v) is 7.43. The minimum Gasteiger partial charge on any atom is -0.381 e. The molecule has 1 rings (SSSR count). The van der Waals surface area contributed by atoms with Gasteiger partial charge in [0.25, 0.3) is 0 Å². The van der Waals surface area contributed by atoms with E-state index in [4.69, 9.17) is 16.3 Å². The Kier molecular flexibility index (Phi) is 6.75. The van der Waals surface area contributed by atoms with Crippen LogP contribution in [0, 0.1) is 11.3 Å². The number of ether oxygens (including phenoxy) is 1. The van der Waals surface area contributed by atoms with Gasteiger partial charge in [-0.2, -0.15) is 0 Å². The summed E-state index contributed by atoms with van der Waals surface area (Å²) in [6.07, 6.45) is 9.05. The summed E-state index contributed by atoms with van der Waals surface area (Å²) >= 11 is 6.19. The van der Waals surface area contributed by atoms with Gasteiger partial charge >= 0.3 is 0 Å². The molecule has 96 valence electrons. The summed E-state index contributed by atoms with van der Waals surface area (Å²) in [7, 11) is 0. The zero-order chi connectivity index (χ0) is 11.9. The van der Waals surface area contributed by atoms with Crippen LogP contribution < -0.4 is 0 Å². The summed E-state index contributed by atoms with van der Waals surface area (Å²) < 4.78 is 5.64. The fourth-order valence-corrected chi connectivity index (χ4v) is 3.11. The van der Waals surface area contributed by atoms with Crippen LogP contribution in [0.3, 0.4) is 0 Å². The van der Waals surface area contributed by atoms with E-state index < -0.39 is 0 Å². The summed E-state index contributed by atoms with van der Waals surface area (Å²) in [6, 6.07) is 0. The molecule has 0 radical (unpaired) electrons. The summed E-state index contributed by atoms with van der Waals surface area (Å²) in [5.74, 6) is 1.62. The molecule has 0 bridgehead atoms. The third-order valence-electron chi connectivity index (χ3n) is 3.95. The monoisotopic (exact) mass is 246 g/mol. The lowest BCUT2D eigenvalue weighted by Gasteiger charge is -2.38. The standard InChI is InChI=1S/C14H27ClO/c1-3-5-7-13(4-2)10-14(11-15)8-6-9-16-12-14/h13H,3-12H2,1-2H3. The second-order valence-electron chi connectivity index (χ2n) is 5.41. The van der Waals surface area contributed by atoms with E-state index >= 15 is 0 Å². The topological polar surface area (TPSA) is 9.23 Å². The maximum absolute atomic E-state index is 6.19. The highest BCUT2D eigenvalue weighted by Crippen LogP contribution is 2.38. The number of hydrogen-bond acceptors (Lipinski definition) is 1. The second-order valence-corrected chi connectivity index (χ2v) is 5.68. The fourth-order valence-electron chi connectivity index (χ4n) is 2.79. The highest BCUT2D eigenvalue weighted by Gasteiger charge is 2.33. The summed E-state index contributed by atoms with van der Waals surface area (Å²) in [4.78, 5) is 0. The van der Waals surface area contributed by atoms with E-state index in [0.717, 1.165) is 25.0 Å². The van der Waals surface area contributed by atoms with Crippen molar-refractivity contribution in [1.29, 1.82) is 0 Å². The first-order chi connectivity index (χ1) is 7.76. The van der Waals surface area contributed by atoms with E-state index in [2.05, 4.69) is 13.8 Å². The van der Waals surface area contributed by atoms with Gasteiger partial charge in [-0.15, -0.1) is 11.6 Å². The molecule has 0 saturated carbocycles. The number of alkyl halides is 1. The van der Waals surface area contributed by atoms with Crippen molar-refractivity contribution in [2.45, 2.75) is 58.8 Å². The van der Waals surface area contributed by atoms with Crippen molar-refractivity contribution in [3.05, 3.63) is 0 Å². The fraction of sp³-hybridized carbons (Fsp3) is 1.00. The molecule has 1 saturated heterocycles. The maximum atomic E-state index is 6.19. The second kappa shape index (κ2) is 7.55. The molecule has 1 nitrogen and oxygen atoms in total. The van der Waals surface area contributed by atoms with Gasteiger partial charge in [0.1, 0.15) is 0 Å². The van der Waals surface area contributed by atoms with E-state index in [0.29, 0.717) is 0 Å². The molecule has 0 aliphatic carbocycles. The van der Waals surface area contributed by atoms with Crippen LogP contribution in [0.15, 0.2) is 0 Å². The Bertz CT molecular complexity index is 176. The third-order valence-corrected chi connectivity index (χ3v) is 4.52. The molecule has 1 heterocycles. The Morgan fingerprint density at radius 2 is 2.19 bits per heavy atom. The quantitative estimate of drug-likeness (QED) is 0.596. The summed E-state index contributed by atoms with van der Waals surface area (Å²) in [5, 5.41) is 0. The van der Waals surface area contributed by atoms with Gasteiger partial charge in [0.15, 0.2) is 0 Å². The van der Waals surface area contributed by atoms with E-state index in [9.17, 15) is 0 Å². The van der Waals surface area contributed by atoms with Crippen LogP contribution in [0.4, 0.5) is 0 Å². The maximum Gasteiger partial charge on any atom is 0.0533 e. The smallest absolute Gasteiger partial charge is 0.0533 e. The average Bonchev–Trinajstić information content (AvgIpc) is 2.35. The molecule has 16 heavy (non-hydrogen) atoms. The van der Waals surface area contributed by atoms with Gasteiger partial charge in [0.2, 0.25) is 0 Å². The predicted molar refractivity (Wildman–Crippen MR) is 71.1 cm³/mol. The van der Waals surface area contributed by atoms with Crippen molar-refractivity contribution in [1.82, 2.24) is 0 Å². The molecule has 1 fully saturated rings. The van der Waals surface area contributed by atoms with Crippen LogP contribution in [0.25, 0.3) is 0 Å². The van der Waals surface area contributed by atoms with Gasteiger partial charge in [-0.3, -0.25) is 0 Å². The van der Waals surface area contributed by atoms with E-state index in [1.54, 1.807) is 0 Å². The van der Waals surface area contributed by atoms with Crippen molar-refractivity contribution < 1.29 is 4.74 Å². The molecule has 0 aromatic rings. The molecule has 2 unspecified atom stereocenters. The van der Waals surface area contributed by atoms with E-state index in [1.165, 1.54) is 44.9 Å². The number of hydrogen-bond donors (Lipinski definition) is 0. The van der Waals surface area contributed by atoms with Crippen LogP contribution in [0.1, 0.15) is 58.8 Å². The van der Waals surface area contributed by atoms with Gasteiger partial charge in [-0.05, 0) is 25.2 Å². The van der Waals surface area contributed by atoms with Gasteiger partial charge in [-0.25, -0.2) is 0 Å². The zero-order valence-corrected chi connectivity index (χ0v) is 11.7. The van der Waals surface area contributed by atoms with Crippen molar-refractivity contribution >= 4 is 11.6 Å². The molecular weight excluding hydrogens is 220 g/mol. The summed E-state index contributed by atoms with van der Waals surface area (Å²) in [5.41, 5.74) is 0.286. The molecule has 1 aliphatic rings. The van der Waals surface area contributed by atoms with Crippen LogP contribution in [-0.4, -0.2) is 19.1 Å². The molecular formula is C14H27ClO. The predicted octanol–water partition coefficient (Wildman–Crippen LogP) is 4.63. The number of halogens is 1. The molecule has 0 amide bonds. The molecule has 1 aliphatic heterocycles. The van der Waals surface area contributed by atoms with E-state index in [1.807, 2.05) is 0 Å². The van der Waals surface area contributed by atoms with Crippen LogP contribution >= 0.6 is 11.6 Å².